The molecule has 0 radical (unpaired) electrons. The third kappa shape index (κ3) is 2.28. The zero-order valence-corrected chi connectivity index (χ0v) is 11.4. The van der Waals surface area contributed by atoms with Crippen molar-refractivity contribution in [2.75, 3.05) is 7.11 Å². The Morgan fingerprint density at radius 2 is 1.84 bits per heavy atom. The minimum Gasteiger partial charge on any atom is -0.496 e. The van der Waals surface area contributed by atoms with E-state index >= 15 is 0 Å². The molecule has 96 valence electrons. The van der Waals surface area contributed by atoms with Gasteiger partial charge in [0.15, 0.2) is 0 Å². The van der Waals surface area contributed by atoms with Crippen LogP contribution in [-0.2, 0) is 6.42 Å². The predicted octanol–water partition coefficient (Wildman–Crippen LogP) is 4.49. The van der Waals surface area contributed by atoms with Gasteiger partial charge in [0, 0.05) is 0 Å². The molecule has 1 aliphatic rings. The normalized spacial score (nSPS) is 13.7. The Morgan fingerprint density at radius 3 is 2.63 bits per heavy atom. The van der Waals surface area contributed by atoms with Gasteiger partial charge in [-0.2, -0.15) is 0 Å². The van der Waals surface area contributed by atoms with E-state index in [1.54, 1.807) is 7.11 Å². The first-order chi connectivity index (χ1) is 9.28. The number of rotatable bonds is 2. The monoisotopic (exact) mass is 250 g/mol. The molecule has 1 aliphatic carbocycles. The summed E-state index contributed by atoms with van der Waals surface area (Å²) in [5, 5.41) is 0. The van der Waals surface area contributed by atoms with Crippen molar-refractivity contribution in [3.8, 4) is 5.75 Å². The van der Waals surface area contributed by atoms with E-state index in [1.807, 2.05) is 0 Å². The lowest BCUT2D eigenvalue weighted by Crippen LogP contribution is -1.99. The van der Waals surface area contributed by atoms with E-state index in [2.05, 4.69) is 55.5 Å². The quantitative estimate of drug-likeness (QED) is 0.763. The second-order valence-corrected chi connectivity index (χ2v) is 5.05. The number of ether oxygens (including phenoxy) is 1. The Morgan fingerprint density at radius 1 is 1.00 bits per heavy atom. The standard InChI is InChI=1S/C18H18O/c1-13-11-16(9-10-18(13)19-2)17-8-7-14-5-3-4-6-15(14)12-17/h3-6,9-12H,7-8H2,1-2H3. The Hall–Kier alpha value is -2.02. The van der Waals surface area contributed by atoms with Gasteiger partial charge in [-0.05, 0) is 59.7 Å². The number of methoxy groups -OCH3 is 1. The third-order valence-corrected chi connectivity index (χ3v) is 3.81. The highest BCUT2D eigenvalue weighted by Gasteiger charge is 2.12. The fourth-order valence-electron chi connectivity index (χ4n) is 2.74. The number of hydrogen-bond donors (Lipinski definition) is 0. The Labute approximate surface area is 114 Å². The summed E-state index contributed by atoms with van der Waals surface area (Å²) >= 11 is 0. The van der Waals surface area contributed by atoms with E-state index in [9.17, 15) is 0 Å². The Kier molecular flexibility index (Phi) is 3.12. The van der Waals surface area contributed by atoms with Crippen molar-refractivity contribution in [2.24, 2.45) is 0 Å². The van der Waals surface area contributed by atoms with E-state index in [0.29, 0.717) is 0 Å². The molecule has 0 heterocycles. The lowest BCUT2D eigenvalue weighted by Gasteiger charge is -2.17. The highest BCUT2D eigenvalue weighted by Crippen LogP contribution is 2.32. The van der Waals surface area contributed by atoms with Crippen LogP contribution < -0.4 is 4.74 Å². The molecule has 0 saturated carbocycles. The molecule has 0 N–H and O–H groups in total. The van der Waals surface area contributed by atoms with Crippen molar-refractivity contribution in [3.05, 3.63) is 64.7 Å². The van der Waals surface area contributed by atoms with Gasteiger partial charge in [0.1, 0.15) is 5.75 Å². The summed E-state index contributed by atoms with van der Waals surface area (Å²) in [5.41, 5.74) is 6.74. The van der Waals surface area contributed by atoms with Crippen LogP contribution in [0.4, 0.5) is 0 Å². The molecule has 0 aromatic heterocycles. The lowest BCUT2D eigenvalue weighted by molar-refractivity contribution is 0.411. The molecule has 0 aliphatic heterocycles. The van der Waals surface area contributed by atoms with Gasteiger partial charge in [-0.3, -0.25) is 0 Å². The van der Waals surface area contributed by atoms with Gasteiger partial charge in [0.05, 0.1) is 7.11 Å². The first kappa shape index (κ1) is 12.0. The van der Waals surface area contributed by atoms with Crippen LogP contribution >= 0.6 is 0 Å². The van der Waals surface area contributed by atoms with Crippen LogP contribution in [-0.4, -0.2) is 7.11 Å². The largest absolute Gasteiger partial charge is 0.496 e. The van der Waals surface area contributed by atoms with E-state index < -0.39 is 0 Å². The second kappa shape index (κ2) is 4.93. The van der Waals surface area contributed by atoms with Gasteiger partial charge in [-0.25, -0.2) is 0 Å². The van der Waals surface area contributed by atoms with Crippen LogP contribution in [0.15, 0.2) is 42.5 Å². The molecule has 0 unspecified atom stereocenters. The van der Waals surface area contributed by atoms with E-state index in [0.717, 1.165) is 18.6 Å². The van der Waals surface area contributed by atoms with Crippen LogP contribution in [0.2, 0.25) is 0 Å². The summed E-state index contributed by atoms with van der Waals surface area (Å²) in [6, 6.07) is 15.1. The van der Waals surface area contributed by atoms with Crippen LogP contribution in [0.1, 0.15) is 28.7 Å². The van der Waals surface area contributed by atoms with Crippen molar-refractivity contribution in [3.63, 3.8) is 0 Å². The van der Waals surface area contributed by atoms with Crippen LogP contribution in [0.3, 0.4) is 0 Å². The minimum absolute atomic E-state index is 0.959. The van der Waals surface area contributed by atoms with Crippen molar-refractivity contribution in [1.82, 2.24) is 0 Å². The summed E-state index contributed by atoms with van der Waals surface area (Å²) < 4.78 is 5.32. The summed E-state index contributed by atoms with van der Waals surface area (Å²) in [7, 11) is 1.72. The fourth-order valence-corrected chi connectivity index (χ4v) is 2.74. The second-order valence-electron chi connectivity index (χ2n) is 5.05. The summed E-state index contributed by atoms with van der Waals surface area (Å²) in [5.74, 6) is 0.959. The molecule has 0 bridgehead atoms. The van der Waals surface area contributed by atoms with E-state index in [-0.39, 0.29) is 0 Å². The summed E-state index contributed by atoms with van der Waals surface area (Å²) in [4.78, 5) is 0. The van der Waals surface area contributed by atoms with Gasteiger partial charge < -0.3 is 4.74 Å². The number of allylic oxidation sites excluding steroid dienone is 1. The molecular weight excluding hydrogens is 232 g/mol. The molecule has 2 aromatic rings. The molecule has 1 nitrogen and oxygen atoms in total. The van der Waals surface area contributed by atoms with Gasteiger partial charge >= 0.3 is 0 Å². The van der Waals surface area contributed by atoms with Crippen molar-refractivity contribution in [2.45, 2.75) is 19.8 Å². The molecule has 0 spiro atoms. The summed E-state index contributed by atoms with van der Waals surface area (Å²) in [6.45, 7) is 2.10. The SMILES string of the molecule is COc1ccc(C2=Cc3ccccc3CC2)cc1C. The Balaban J connectivity index is 2.00. The molecule has 1 heteroatoms. The van der Waals surface area contributed by atoms with Gasteiger partial charge in [-0.1, -0.05) is 36.4 Å². The molecular formula is C18H18O. The molecule has 2 aromatic carbocycles. The zero-order valence-electron chi connectivity index (χ0n) is 11.4. The smallest absolute Gasteiger partial charge is 0.121 e. The zero-order chi connectivity index (χ0) is 13.2. The van der Waals surface area contributed by atoms with Gasteiger partial charge in [-0.15, -0.1) is 0 Å². The Bertz CT molecular complexity index is 638. The molecule has 0 atom stereocenters. The van der Waals surface area contributed by atoms with Gasteiger partial charge in [0.25, 0.3) is 0 Å². The minimum atomic E-state index is 0.959. The third-order valence-electron chi connectivity index (χ3n) is 3.81. The maximum atomic E-state index is 5.32. The molecule has 0 saturated heterocycles. The average molecular weight is 250 g/mol. The number of aryl methyl sites for hydroxylation is 2. The number of benzene rings is 2. The van der Waals surface area contributed by atoms with Crippen LogP contribution in [0.25, 0.3) is 11.6 Å². The van der Waals surface area contributed by atoms with Crippen molar-refractivity contribution < 1.29 is 4.74 Å². The topological polar surface area (TPSA) is 9.23 Å². The van der Waals surface area contributed by atoms with Gasteiger partial charge in [0.2, 0.25) is 0 Å². The molecule has 3 rings (SSSR count). The first-order valence-corrected chi connectivity index (χ1v) is 6.71. The van der Waals surface area contributed by atoms with E-state index in [1.165, 1.54) is 27.8 Å². The first-order valence-electron chi connectivity index (χ1n) is 6.71. The highest BCUT2D eigenvalue weighted by atomic mass is 16.5. The number of hydrogen-bond acceptors (Lipinski definition) is 1. The predicted molar refractivity (Wildman–Crippen MR) is 80.4 cm³/mol. The van der Waals surface area contributed by atoms with Crippen LogP contribution in [0, 0.1) is 6.92 Å². The van der Waals surface area contributed by atoms with Crippen LogP contribution in [0.5, 0.6) is 5.75 Å². The maximum absolute atomic E-state index is 5.32. The summed E-state index contributed by atoms with van der Waals surface area (Å²) in [6.07, 6.45) is 4.57. The van der Waals surface area contributed by atoms with E-state index in [4.69, 9.17) is 4.74 Å². The highest BCUT2D eigenvalue weighted by molar-refractivity contribution is 5.84. The number of fused-ring (bicyclic) bond motifs is 1. The molecule has 0 amide bonds. The van der Waals surface area contributed by atoms with Crippen molar-refractivity contribution in [1.29, 1.82) is 0 Å². The fraction of sp³-hybridized carbons (Fsp3) is 0.222. The molecule has 0 fully saturated rings. The maximum Gasteiger partial charge on any atom is 0.121 e. The van der Waals surface area contributed by atoms with Crippen molar-refractivity contribution >= 4 is 11.6 Å². The average Bonchev–Trinajstić information content (AvgIpc) is 2.46. The lowest BCUT2D eigenvalue weighted by atomic mass is 9.88. The molecule has 19 heavy (non-hydrogen) atoms.